The summed E-state index contributed by atoms with van der Waals surface area (Å²) in [5.74, 6) is 0.270. The first kappa shape index (κ1) is 12.8. The van der Waals surface area contributed by atoms with E-state index in [0.29, 0.717) is 22.7 Å². The lowest BCUT2D eigenvalue weighted by atomic mass is 10.2. The quantitative estimate of drug-likeness (QED) is 0.866. The van der Waals surface area contributed by atoms with Crippen LogP contribution in [0.2, 0.25) is 0 Å². The van der Waals surface area contributed by atoms with E-state index in [4.69, 9.17) is 4.52 Å². The van der Waals surface area contributed by atoms with E-state index in [9.17, 15) is 4.79 Å². The van der Waals surface area contributed by atoms with Gasteiger partial charge in [-0.15, -0.1) is 0 Å². The van der Waals surface area contributed by atoms with Gasteiger partial charge >= 0.3 is 0 Å². The number of aryl methyl sites for hydroxylation is 3. The lowest BCUT2D eigenvalue weighted by Gasteiger charge is -2.07. The normalized spacial score (nSPS) is 10.4. The highest BCUT2D eigenvalue weighted by Crippen LogP contribution is 2.19. The maximum Gasteiger partial charge on any atom is 0.261 e. The van der Waals surface area contributed by atoms with Crippen LogP contribution < -0.4 is 5.32 Å². The molecule has 0 aliphatic carbocycles. The van der Waals surface area contributed by atoms with Crippen molar-refractivity contribution in [2.75, 3.05) is 5.32 Å². The number of anilines is 1. The van der Waals surface area contributed by atoms with E-state index in [1.54, 1.807) is 26.0 Å². The van der Waals surface area contributed by atoms with Crippen LogP contribution in [0.3, 0.4) is 0 Å². The lowest BCUT2D eigenvalue weighted by Crippen LogP contribution is -2.14. The molecule has 0 saturated heterocycles. The van der Waals surface area contributed by atoms with Gasteiger partial charge in [0.15, 0.2) is 0 Å². The van der Waals surface area contributed by atoms with E-state index >= 15 is 0 Å². The molecule has 5 nitrogen and oxygen atoms in total. The number of amides is 1. The highest BCUT2D eigenvalue weighted by molar-refractivity contribution is 9.10. The number of rotatable bonds is 2. The molecule has 0 unspecified atom stereocenters. The third-order valence-electron chi connectivity index (χ3n) is 2.56. The fourth-order valence-corrected chi connectivity index (χ4v) is 2.05. The molecule has 1 N–H and O–H groups in total. The van der Waals surface area contributed by atoms with Gasteiger partial charge in [0.25, 0.3) is 5.91 Å². The average molecular weight is 310 g/mol. The second-order valence-electron chi connectivity index (χ2n) is 3.92. The fourth-order valence-electron chi connectivity index (χ4n) is 1.65. The molecule has 1 amide bonds. The van der Waals surface area contributed by atoms with E-state index in [2.05, 4.69) is 31.4 Å². The van der Waals surface area contributed by atoms with Crippen LogP contribution in [0.25, 0.3) is 0 Å². The Bertz CT molecular complexity index is 588. The monoisotopic (exact) mass is 309 g/mol. The summed E-state index contributed by atoms with van der Waals surface area (Å²) in [4.78, 5) is 16.3. The van der Waals surface area contributed by atoms with E-state index < -0.39 is 0 Å². The van der Waals surface area contributed by atoms with Gasteiger partial charge in [-0.05, 0) is 48.8 Å². The summed E-state index contributed by atoms with van der Waals surface area (Å²) in [6, 6.07) is 3.57. The van der Waals surface area contributed by atoms with Crippen LogP contribution in [0.5, 0.6) is 0 Å². The van der Waals surface area contributed by atoms with Crippen molar-refractivity contribution in [1.82, 2.24) is 10.1 Å². The van der Waals surface area contributed by atoms with Gasteiger partial charge in [0.2, 0.25) is 0 Å². The number of hydrogen-bond donors (Lipinski definition) is 1. The maximum absolute atomic E-state index is 12.1. The second-order valence-corrected chi connectivity index (χ2v) is 4.73. The zero-order chi connectivity index (χ0) is 13.3. The lowest BCUT2D eigenvalue weighted by molar-refractivity contribution is 0.102. The van der Waals surface area contributed by atoms with Crippen molar-refractivity contribution in [2.45, 2.75) is 20.8 Å². The van der Waals surface area contributed by atoms with E-state index in [1.165, 1.54) is 0 Å². The Kier molecular flexibility index (Phi) is 3.47. The maximum atomic E-state index is 12.1. The minimum Gasteiger partial charge on any atom is -0.361 e. The number of halogens is 1. The standard InChI is InChI=1S/C12H12BrN3O2/c1-6-9(4-5-10(13)14-6)15-12(17)11-7(2)16-18-8(11)3/h4-5H,1-3H3,(H,15,17). The van der Waals surface area contributed by atoms with Crippen LogP contribution in [0, 0.1) is 20.8 Å². The van der Waals surface area contributed by atoms with Gasteiger partial charge in [-0.2, -0.15) is 0 Å². The Morgan fingerprint density at radius 3 is 2.56 bits per heavy atom. The SMILES string of the molecule is Cc1nc(Br)ccc1NC(=O)c1c(C)noc1C. The summed E-state index contributed by atoms with van der Waals surface area (Å²) in [6.45, 7) is 5.27. The Labute approximate surface area is 113 Å². The Morgan fingerprint density at radius 1 is 1.28 bits per heavy atom. The van der Waals surface area contributed by atoms with Crippen molar-refractivity contribution < 1.29 is 9.32 Å². The molecule has 2 aromatic heterocycles. The molecule has 6 heteroatoms. The summed E-state index contributed by atoms with van der Waals surface area (Å²) < 4.78 is 5.70. The minimum atomic E-state index is -0.238. The van der Waals surface area contributed by atoms with Gasteiger partial charge in [0, 0.05) is 0 Å². The van der Waals surface area contributed by atoms with Gasteiger partial charge < -0.3 is 9.84 Å². The first-order chi connectivity index (χ1) is 8.49. The van der Waals surface area contributed by atoms with Crippen LogP contribution >= 0.6 is 15.9 Å². The molecule has 0 atom stereocenters. The van der Waals surface area contributed by atoms with E-state index in [1.807, 2.05) is 6.92 Å². The highest BCUT2D eigenvalue weighted by Gasteiger charge is 2.18. The minimum absolute atomic E-state index is 0.238. The van der Waals surface area contributed by atoms with Crippen molar-refractivity contribution in [3.8, 4) is 0 Å². The largest absolute Gasteiger partial charge is 0.361 e. The van der Waals surface area contributed by atoms with Gasteiger partial charge in [0.05, 0.1) is 17.1 Å². The van der Waals surface area contributed by atoms with Crippen LogP contribution in [0.4, 0.5) is 5.69 Å². The molecule has 0 saturated carbocycles. The predicted molar refractivity (Wildman–Crippen MR) is 70.6 cm³/mol. The smallest absolute Gasteiger partial charge is 0.261 e. The molecule has 2 aromatic rings. The molecule has 0 aliphatic rings. The van der Waals surface area contributed by atoms with Crippen molar-refractivity contribution >= 4 is 27.5 Å². The molecule has 0 fully saturated rings. The highest BCUT2D eigenvalue weighted by atomic mass is 79.9. The van der Waals surface area contributed by atoms with Crippen LogP contribution in [-0.4, -0.2) is 16.0 Å². The average Bonchev–Trinajstić information content (AvgIpc) is 2.62. The zero-order valence-electron chi connectivity index (χ0n) is 10.2. The summed E-state index contributed by atoms with van der Waals surface area (Å²) >= 11 is 3.28. The van der Waals surface area contributed by atoms with Gasteiger partial charge in [0.1, 0.15) is 15.9 Å². The molecule has 2 heterocycles. The molecule has 0 aromatic carbocycles. The molecule has 2 rings (SSSR count). The Morgan fingerprint density at radius 2 is 2.00 bits per heavy atom. The van der Waals surface area contributed by atoms with Gasteiger partial charge in [-0.1, -0.05) is 5.16 Å². The first-order valence-corrected chi connectivity index (χ1v) is 6.15. The number of hydrogen-bond acceptors (Lipinski definition) is 4. The molecule has 0 aliphatic heterocycles. The van der Waals surface area contributed by atoms with Crippen LogP contribution in [0.1, 0.15) is 27.5 Å². The predicted octanol–water partition coefficient (Wildman–Crippen LogP) is 3.01. The van der Waals surface area contributed by atoms with Crippen molar-refractivity contribution in [3.05, 3.63) is 39.4 Å². The van der Waals surface area contributed by atoms with Crippen LogP contribution in [-0.2, 0) is 0 Å². The van der Waals surface area contributed by atoms with Gasteiger partial charge in [-0.25, -0.2) is 4.98 Å². The van der Waals surface area contributed by atoms with Crippen molar-refractivity contribution in [2.24, 2.45) is 0 Å². The van der Waals surface area contributed by atoms with Crippen molar-refractivity contribution in [3.63, 3.8) is 0 Å². The number of aromatic nitrogens is 2. The summed E-state index contributed by atoms with van der Waals surface area (Å²) in [7, 11) is 0. The second kappa shape index (κ2) is 4.89. The summed E-state index contributed by atoms with van der Waals surface area (Å²) in [5.41, 5.74) is 2.46. The van der Waals surface area contributed by atoms with Crippen LogP contribution in [0.15, 0.2) is 21.3 Å². The molecule has 18 heavy (non-hydrogen) atoms. The zero-order valence-corrected chi connectivity index (χ0v) is 11.8. The molecular weight excluding hydrogens is 298 g/mol. The van der Waals surface area contributed by atoms with E-state index in [-0.39, 0.29) is 5.91 Å². The number of pyridine rings is 1. The number of carbonyl (C=O) groups is 1. The van der Waals surface area contributed by atoms with Gasteiger partial charge in [-0.3, -0.25) is 4.79 Å². The topological polar surface area (TPSA) is 68.0 Å². The Balaban J connectivity index is 2.27. The van der Waals surface area contributed by atoms with E-state index in [0.717, 1.165) is 10.3 Å². The molecule has 94 valence electrons. The third-order valence-corrected chi connectivity index (χ3v) is 3.00. The number of nitrogens with zero attached hydrogens (tertiary/aromatic N) is 2. The van der Waals surface area contributed by atoms with Crippen molar-refractivity contribution in [1.29, 1.82) is 0 Å². The fraction of sp³-hybridized carbons (Fsp3) is 0.250. The molecule has 0 spiro atoms. The molecular formula is C12H12BrN3O2. The summed E-state index contributed by atoms with van der Waals surface area (Å²) in [6.07, 6.45) is 0. The third kappa shape index (κ3) is 2.43. The first-order valence-electron chi connectivity index (χ1n) is 5.36. The molecule has 0 radical (unpaired) electrons. The Hall–Kier alpha value is -1.69. The number of carbonyl (C=O) groups excluding carboxylic acids is 1. The summed E-state index contributed by atoms with van der Waals surface area (Å²) in [5, 5.41) is 6.56. The number of nitrogens with one attached hydrogen (secondary N) is 1. The molecule has 0 bridgehead atoms.